The summed E-state index contributed by atoms with van der Waals surface area (Å²) in [5, 5.41) is 0. The van der Waals surface area contributed by atoms with Crippen LogP contribution < -0.4 is 0 Å². The minimum absolute atomic E-state index is 0. The van der Waals surface area contributed by atoms with Gasteiger partial charge < -0.3 is 42.6 Å². The van der Waals surface area contributed by atoms with E-state index in [1.165, 1.54) is 51.4 Å². The van der Waals surface area contributed by atoms with Crippen LogP contribution in [0.15, 0.2) is 0 Å². The molecular formula is C60H126O9. The quantitative estimate of drug-likeness (QED) is 0.0553. The minimum Gasteiger partial charge on any atom is -0.381 e. The van der Waals surface area contributed by atoms with Gasteiger partial charge in [0.1, 0.15) is 12.2 Å². The topological polar surface area (TPSA) is 83.1 Å². The molecule has 0 fully saturated rings. The number of ether oxygens (including phenoxy) is 9. The van der Waals surface area contributed by atoms with Gasteiger partial charge in [0.05, 0.1) is 58.3 Å². The third-order valence-corrected chi connectivity index (χ3v) is 11.8. The van der Waals surface area contributed by atoms with Gasteiger partial charge in [-0.25, -0.2) is 0 Å². The maximum Gasteiger partial charge on any atom is 0.104 e. The molecule has 0 saturated heterocycles. The normalized spacial score (nSPS) is 13.2. The first-order chi connectivity index (χ1) is 32.4. The first-order valence-corrected chi connectivity index (χ1v) is 28.6. The molecule has 0 bridgehead atoms. The molecule has 0 rings (SSSR count). The van der Waals surface area contributed by atoms with Crippen molar-refractivity contribution in [1.82, 2.24) is 0 Å². The van der Waals surface area contributed by atoms with Gasteiger partial charge in [0.25, 0.3) is 0 Å². The van der Waals surface area contributed by atoms with E-state index in [0.717, 1.165) is 140 Å². The van der Waals surface area contributed by atoms with Crippen molar-refractivity contribution in [2.45, 2.75) is 233 Å². The molecule has 2 atom stereocenters. The van der Waals surface area contributed by atoms with Crippen LogP contribution >= 0.6 is 0 Å². The molecule has 0 N–H and O–H groups in total. The highest BCUT2D eigenvalue weighted by Gasteiger charge is 2.32. The summed E-state index contributed by atoms with van der Waals surface area (Å²) in [5.74, 6) is 5.72. The lowest BCUT2D eigenvalue weighted by Crippen LogP contribution is -2.42. The predicted octanol–water partition coefficient (Wildman–Crippen LogP) is 16.0. The summed E-state index contributed by atoms with van der Waals surface area (Å²) in [7, 11) is 0. The maximum atomic E-state index is 6.20. The van der Waals surface area contributed by atoms with Gasteiger partial charge in [-0.3, -0.25) is 0 Å². The monoisotopic (exact) mass is 991 g/mol. The zero-order valence-electron chi connectivity index (χ0n) is 48.6. The van der Waals surface area contributed by atoms with Gasteiger partial charge in [-0.15, -0.1) is 0 Å². The van der Waals surface area contributed by atoms with Crippen molar-refractivity contribution in [2.24, 2.45) is 52.8 Å². The van der Waals surface area contributed by atoms with E-state index in [9.17, 15) is 0 Å². The van der Waals surface area contributed by atoms with Crippen molar-refractivity contribution >= 4 is 0 Å². The van der Waals surface area contributed by atoms with Crippen molar-refractivity contribution < 1.29 is 42.6 Å². The maximum absolute atomic E-state index is 6.20. The van der Waals surface area contributed by atoms with Gasteiger partial charge in [0.15, 0.2) is 0 Å². The van der Waals surface area contributed by atoms with Crippen LogP contribution in [0.5, 0.6) is 0 Å². The Kier molecular flexibility index (Phi) is 54.0. The Balaban J connectivity index is -0.00000125. The number of rotatable bonds is 50. The van der Waals surface area contributed by atoms with Gasteiger partial charge in [0.2, 0.25) is 0 Å². The van der Waals surface area contributed by atoms with Crippen molar-refractivity contribution in [3.8, 4) is 0 Å². The molecule has 9 nitrogen and oxygen atoms in total. The molecule has 0 aromatic rings. The molecule has 2 unspecified atom stereocenters. The molecule has 0 spiro atoms. The first kappa shape index (κ1) is 72.9. The van der Waals surface area contributed by atoms with E-state index in [2.05, 4.69) is 111 Å². The second kappa shape index (κ2) is 51.1. The molecule has 0 aliphatic heterocycles. The summed E-state index contributed by atoms with van der Waals surface area (Å²) in [6.07, 6.45) is 18.3. The highest BCUT2D eigenvalue weighted by molar-refractivity contribution is 4.80. The smallest absolute Gasteiger partial charge is 0.104 e. The molecule has 9 heteroatoms. The summed E-state index contributed by atoms with van der Waals surface area (Å²) in [4.78, 5) is 0. The average molecular weight is 992 g/mol. The zero-order chi connectivity index (χ0) is 51.3. The van der Waals surface area contributed by atoms with Crippen LogP contribution in [0.1, 0.15) is 221 Å². The van der Waals surface area contributed by atoms with Crippen LogP contribution in [0.2, 0.25) is 0 Å². The molecule has 0 amide bonds. The summed E-state index contributed by atoms with van der Waals surface area (Å²) >= 11 is 0. The molecule has 0 radical (unpaired) electrons. The van der Waals surface area contributed by atoms with Crippen molar-refractivity contribution in [3.63, 3.8) is 0 Å². The Morgan fingerprint density at radius 1 is 0.246 bits per heavy atom. The first-order valence-electron chi connectivity index (χ1n) is 28.6. The minimum atomic E-state index is -0.231. The molecule has 0 aromatic carbocycles. The molecule has 0 heterocycles. The van der Waals surface area contributed by atoms with Crippen LogP contribution in [0.25, 0.3) is 0 Å². The fraction of sp³-hybridized carbons (Fsp3) is 1.00. The fourth-order valence-corrected chi connectivity index (χ4v) is 7.50. The van der Waals surface area contributed by atoms with E-state index in [1.807, 2.05) is 0 Å². The predicted molar refractivity (Wildman–Crippen MR) is 297 cm³/mol. The highest BCUT2D eigenvalue weighted by Crippen LogP contribution is 2.23. The van der Waals surface area contributed by atoms with Crippen molar-refractivity contribution in [3.05, 3.63) is 0 Å². The van der Waals surface area contributed by atoms with Crippen LogP contribution in [-0.4, -0.2) is 118 Å². The van der Waals surface area contributed by atoms with E-state index in [0.29, 0.717) is 64.7 Å². The molecular weight excluding hydrogens is 865 g/mol. The van der Waals surface area contributed by atoms with E-state index in [4.69, 9.17) is 42.6 Å². The third-order valence-electron chi connectivity index (χ3n) is 11.8. The van der Waals surface area contributed by atoms with Crippen LogP contribution in [0.3, 0.4) is 0 Å². The lowest BCUT2D eigenvalue weighted by molar-refractivity contribution is -0.108. The molecule has 0 saturated carbocycles. The van der Waals surface area contributed by atoms with E-state index >= 15 is 0 Å². The Bertz CT molecular complexity index is 870. The summed E-state index contributed by atoms with van der Waals surface area (Å²) in [6.45, 7) is 47.3. The van der Waals surface area contributed by atoms with E-state index in [1.54, 1.807) is 0 Å². The summed E-state index contributed by atoms with van der Waals surface area (Å²) < 4.78 is 55.0. The number of hydrogen-bond acceptors (Lipinski definition) is 9. The zero-order valence-corrected chi connectivity index (χ0v) is 48.6. The van der Waals surface area contributed by atoms with E-state index < -0.39 is 0 Å². The standard InChI is InChI=1S/C30H62O5.C29H60O4.CH4/c1-25(2)13-9-17-31-21-29(34-19-11-15-27(5)6)23-33-24-30(35-20-12-16-28(7)8)22-32-18-10-14-26(3)4;1-25(2)13-9-17-30-21-29(22-31-18-10-14-26(3)4,23-32-19-11-15-27(5)6)24-33-20-12-16-28(7)8;/h25-30H,9-24H2,1-8H3;25-28H,9-24H2,1-8H3;1H4. The second-order valence-corrected chi connectivity index (χ2v) is 23.7. The molecule has 0 aliphatic carbocycles. The Hall–Kier alpha value is -0.360. The molecule has 69 heavy (non-hydrogen) atoms. The van der Waals surface area contributed by atoms with Crippen LogP contribution in [0, 0.1) is 52.8 Å². The average Bonchev–Trinajstić information content (AvgIpc) is 3.24. The summed E-state index contributed by atoms with van der Waals surface area (Å²) in [5.41, 5.74) is -0.231. The van der Waals surface area contributed by atoms with Gasteiger partial charge in [-0.2, -0.15) is 0 Å². The van der Waals surface area contributed by atoms with Crippen LogP contribution in [-0.2, 0) is 42.6 Å². The Morgan fingerprint density at radius 2 is 0.435 bits per heavy atom. The lowest BCUT2D eigenvalue weighted by atomic mass is 9.92. The SMILES string of the molecule is C.CC(C)CCCOCC(COCC(COCCCC(C)C)OCCCC(C)C)OCCCC(C)C.CC(C)CCCOCC(COCCCC(C)C)(COCCCC(C)C)COCCCC(C)C. The highest BCUT2D eigenvalue weighted by atomic mass is 16.6. The molecule has 0 aromatic heterocycles. The molecule has 420 valence electrons. The van der Waals surface area contributed by atoms with E-state index in [-0.39, 0.29) is 25.0 Å². The van der Waals surface area contributed by atoms with Crippen molar-refractivity contribution in [1.29, 1.82) is 0 Å². The van der Waals surface area contributed by atoms with Gasteiger partial charge in [-0.05, 0) is 150 Å². The number of hydrogen-bond donors (Lipinski definition) is 0. The largest absolute Gasteiger partial charge is 0.381 e. The molecule has 0 aliphatic rings. The van der Waals surface area contributed by atoms with Gasteiger partial charge >= 0.3 is 0 Å². The fourth-order valence-electron chi connectivity index (χ4n) is 7.50. The van der Waals surface area contributed by atoms with Crippen LogP contribution in [0.4, 0.5) is 0 Å². The third kappa shape index (κ3) is 56.8. The van der Waals surface area contributed by atoms with Gasteiger partial charge in [-0.1, -0.05) is 118 Å². The lowest BCUT2D eigenvalue weighted by Gasteiger charge is -2.33. The Morgan fingerprint density at radius 3 is 0.652 bits per heavy atom. The summed E-state index contributed by atoms with van der Waals surface area (Å²) in [6, 6.07) is 0. The Labute approximate surface area is 432 Å². The van der Waals surface area contributed by atoms with Crippen molar-refractivity contribution in [2.75, 3.05) is 106 Å². The second-order valence-electron chi connectivity index (χ2n) is 23.7. The van der Waals surface area contributed by atoms with Gasteiger partial charge in [0, 0.05) is 52.9 Å².